The minimum absolute atomic E-state index is 0.383. The molecule has 0 bridgehead atoms. The number of unbranched alkanes of at least 4 members (excludes halogenated alkanes) is 15. The average molecular weight is 711 g/mol. The van der Waals surface area contributed by atoms with Crippen molar-refractivity contribution in [3.8, 4) is 0 Å². The molecular weight excluding hydrogens is 648 g/mol. The summed E-state index contributed by atoms with van der Waals surface area (Å²) in [4.78, 5) is 0.766. The van der Waals surface area contributed by atoms with Crippen LogP contribution in [0.4, 0.5) is 11.4 Å². The quantitative estimate of drug-likeness (QED) is 0.0550. The second-order valence-electron chi connectivity index (χ2n) is 12.0. The van der Waals surface area contributed by atoms with Gasteiger partial charge in [0.1, 0.15) is 0 Å². The van der Waals surface area contributed by atoms with Gasteiger partial charge in [-0.3, -0.25) is 0 Å². The van der Waals surface area contributed by atoms with Crippen molar-refractivity contribution in [1.82, 2.24) is 0 Å². The molecule has 0 saturated heterocycles. The van der Waals surface area contributed by atoms with Crippen LogP contribution in [0.1, 0.15) is 152 Å². The van der Waals surface area contributed by atoms with Gasteiger partial charge in [0.2, 0.25) is 9.90 Å². The molecule has 42 heavy (non-hydrogen) atoms. The standard InChI is InChI=1S/C36H60Br2N4/c1-3-5-7-9-15-19-27-39-33-23-29-41(30-24-33)35(37)21-17-13-11-12-14-18-22-36(38)42-31-25-34(26-32-42)40-28-20-16-10-8-6-4-2/h23-26,29-32,35-36H,3-22,27-28H2,1-2H3/p+2. The smallest absolute Gasteiger partial charge is 0.211 e. The normalized spacial score (nSPS) is 12.8. The summed E-state index contributed by atoms with van der Waals surface area (Å²) in [5.74, 6) is 0. The molecule has 2 aromatic heterocycles. The lowest BCUT2D eigenvalue weighted by molar-refractivity contribution is -0.698. The van der Waals surface area contributed by atoms with Gasteiger partial charge in [-0.15, -0.1) is 0 Å². The molecule has 2 unspecified atom stereocenters. The zero-order chi connectivity index (χ0) is 30.1. The Morgan fingerprint density at radius 3 is 1.14 bits per heavy atom. The number of halogens is 2. The lowest BCUT2D eigenvalue weighted by atomic mass is 10.1. The van der Waals surface area contributed by atoms with Crippen molar-refractivity contribution in [3.05, 3.63) is 49.1 Å². The molecule has 2 N–H and O–H groups in total. The number of nitrogens with one attached hydrogen (secondary N) is 2. The summed E-state index contributed by atoms with van der Waals surface area (Å²) >= 11 is 7.80. The van der Waals surface area contributed by atoms with Crippen molar-refractivity contribution in [2.24, 2.45) is 0 Å². The summed E-state index contributed by atoms with van der Waals surface area (Å²) in [6, 6.07) is 8.85. The van der Waals surface area contributed by atoms with Crippen LogP contribution in [-0.4, -0.2) is 13.1 Å². The first-order valence-electron chi connectivity index (χ1n) is 17.4. The van der Waals surface area contributed by atoms with E-state index in [0.717, 1.165) is 13.1 Å². The second-order valence-corrected chi connectivity index (χ2v) is 14.1. The van der Waals surface area contributed by atoms with Gasteiger partial charge in [-0.05, 0) is 57.5 Å². The Morgan fingerprint density at radius 2 is 0.786 bits per heavy atom. The molecule has 0 spiro atoms. The third kappa shape index (κ3) is 17.9. The Labute approximate surface area is 276 Å². The maximum Gasteiger partial charge on any atom is 0.211 e. The fraction of sp³-hybridized carbons (Fsp3) is 0.722. The van der Waals surface area contributed by atoms with Crippen LogP contribution in [0.2, 0.25) is 0 Å². The van der Waals surface area contributed by atoms with Crippen molar-refractivity contribution in [3.63, 3.8) is 0 Å². The van der Waals surface area contributed by atoms with Gasteiger partial charge in [0.25, 0.3) is 0 Å². The summed E-state index contributed by atoms with van der Waals surface area (Å²) in [5.41, 5.74) is 2.47. The van der Waals surface area contributed by atoms with E-state index in [1.807, 2.05) is 0 Å². The van der Waals surface area contributed by atoms with E-state index in [0.29, 0.717) is 9.90 Å². The molecule has 0 saturated carbocycles. The van der Waals surface area contributed by atoms with Gasteiger partial charge >= 0.3 is 0 Å². The second kappa shape index (κ2) is 25.2. The number of aromatic nitrogens is 2. The minimum Gasteiger partial charge on any atom is -0.385 e. The number of alkyl halides is 2. The number of hydrogen-bond acceptors (Lipinski definition) is 2. The molecule has 0 radical (unpaired) electrons. The van der Waals surface area contributed by atoms with E-state index < -0.39 is 0 Å². The molecule has 0 aliphatic carbocycles. The number of anilines is 2. The topological polar surface area (TPSA) is 31.8 Å². The van der Waals surface area contributed by atoms with Crippen LogP contribution in [-0.2, 0) is 0 Å². The van der Waals surface area contributed by atoms with Crippen LogP contribution < -0.4 is 19.8 Å². The van der Waals surface area contributed by atoms with Crippen molar-refractivity contribution in [2.45, 2.75) is 152 Å². The Bertz CT molecular complexity index is 801. The molecule has 2 rings (SSSR count). The highest BCUT2D eigenvalue weighted by Crippen LogP contribution is 2.20. The lowest BCUT2D eigenvalue weighted by Gasteiger charge is -2.09. The maximum absolute atomic E-state index is 3.90. The molecule has 0 aliphatic heterocycles. The molecule has 2 atom stereocenters. The van der Waals surface area contributed by atoms with E-state index in [4.69, 9.17) is 0 Å². The summed E-state index contributed by atoms with van der Waals surface area (Å²) in [6.07, 6.45) is 35.2. The van der Waals surface area contributed by atoms with Gasteiger partial charge in [0, 0.05) is 61.6 Å². The number of hydrogen-bond donors (Lipinski definition) is 2. The first kappa shape index (κ1) is 37.0. The summed E-state index contributed by atoms with van der Waals surface area (Å²) < 4.78 is 4.59. The summed E-state index contributed by atoms with van der Waals surface area (Å²) in [6.45, 7) is 6.71. The Kier molecular flexibility index (Phi) is 22.2. The zero-order valence-electron chi connectivity index (χ0n) is 27.0. The fourth-order valence-corrected chi connectivity index (χ4v) is 6.59. The average Bonchev–Trinajstić information content (AvgIpc) is 3.01. The lowest BCUT2D eigenvalue weighted by Crippen LogP contribution is -2.35. The van der Waals surface area contributed by atoms with Gasteiger partial charge in [-0.1, -0.05) is 104 Å². The fourth-order valence-electron chi connectivity index (χ4n) is 5.39. The highest BCUT2D eigenvalue weighted by Gasteiger charge is 2.15. The SMILES string of the molecule is CCCCCCCCNc1cc[n+](C(Br)CCCCCCCCC(Br)[n+]2ccc(NCCCCCCCC)cc2)cc1. The highest BCUT2D eigenvalue weighted by atomic mass is 79.9. The maximum atomic E-state index is 3.90. The van der Waals surface area contributed by atoms with Crippen LogP contribution in [0.25, 0.3) is 0 Å². The molecule has 4 nitrogen and oxygen atoms in total. The van der Waals surface area contributed by atoms with E-state index in [-0.39, 0.29) is 0 Å². The minimum atomic E-state index is 0.383. The number of pyridine rings is 2. The molecule has 238 valence electrons. The molecular formula is C36H62Br2N4+2. The Hall–Kier alpha value is -1.14. The Balaban J connectivity index is 1.46. The van der Waals surface area contributed by atoms with Gasteiger partial charge in [-0.2, -0.15) is 9.13 Å². The van der Waals surface area contributed by atoms with Crippen LogP contribution in [0.15, 0.2) is 49.1 Å². The first-order valence-corrected chi connectivity index (χ1v) is 19.2. The van der Waals surface area contributed by atoms with Crippen molar-refractivity contribution < 1.29 is 9.13 Å². The third-order valence-corrected chi connectivity index (χ3v) is 10.1. The monoisotopic (exact) mass is 708 g/mol. The van der Waals surface area contributed by atoms with E-state index in [1.54, 1.807) is 0 Å². The molecule has 0 aromatic carbocycles. The summed E-state index contributed by atoms with van der Waals surface area (Å²) in [5, 5.41) is 7.15. The van der Waals surface area contributed by atoms with Crippen LogP contribution in [0, 0.1) is 0 Å². The number of rotatable bonds is 27. The molecule has 0 fully saturated rings. The molecule has 0 aliphatic rings. The van der Waals surface area contributed by atoms with Gasteiger partial charge in [-0.25, -0.2) is 0 Å². The molecule has 2 heterocycles. The van der Waals surface area contributed by atoms with Crippen molar-refractivity contribution >= 4 is 43.2 Å². The largest absolute Gasteiger partial charge is 0.385 e. The van der Waals surface area contributed by atoms with E-state index in [2.05, 4.69) is 115 Å². The van der Waals surface area contributed by atoms with Crippen LogP contribution in [0.5, 0.6) is 0 Å². The van der Waals surface area contributed by atoms with Crippen LogP contribution >= 0.6 is 31.9 Å². The predicted molar refractivity (Wildman–Crippen MR) is 190 cm³/mol. The van der Waals surface area contributed by atoms with Gasteiger partial charge in [0.05, 0.1) is 0 Å². The van der Waals surface area contributed by atoms with E-state index in [1.165, 1.54) is 140 Å². The predicted octanol–water partition coefficient (Wildman–Crippen LogP) is 11.4. The van der Waals surface area contributed by atoms with E-state index in [9.17, 15) is 0 Å². The van der Waals surface area contributed by atoms with Crippen LogP contribution in [0.3, 0.4) is 0 Å². The zero-order valence-corrected chi connectivity index (χ0v) is 30.2. The first-order chi connectivity index (χ1) is 20.6. The van der Waals surface area contributed by atoms with Gasteiger partial charge in [0.15, 0.2) is 24.8 Å². The summed E-state index contributed by atoms with van der Waals surface area (Å²) in [7, 11) is 0. The van der Waals surface area contributed by atoms with Crippen molar-refractivity contribution in [1.29, 1.82) is 0 Å². The number of nitrogens with zero attached hydrogens (tertiary/aromatic N) is 2. The molecule has 0 amide bonds. The van der Waals surface area contributed by atoms with E-state index >= 15 is 0 Å². The Morgan fingerprint density at radius 1 is 0.476 bits per heavy atom. The molecule has 2 aromatic rings. The highest BCUT2D eigenvalue weighted by molar-refractivity contribution is 9.09. The third-order valence-electron chi connectivity index (χ3n) is 8.21. The van der Waals surface area contributed by atoms with Gasteiger partial charge < -0.3 is 10.6 Å². The van der Waals surface area contributed by atoms with Crippen molar-refractivity contribution in [2.75, 3.05) is 23.7 Å². The molecule has 6 heteroatoms.